The average Bonchev–Trinajstić information content (AvgIpc) is 2.78. The molecule has 2 N–H and O–H groups in total. The first-order valence-corrected chi connectivity index (χ1v) is 5.33. The highest BCUT2D eigenvalue weighted by Gasteiger charge is 2.14. The Kier molecular flexibility index (Phi) is 2.07. The molecule has 0 amide bonds. The molecule has 1 aliphatic rings. The molecular weight excluding hydrogens is 188 g/mol. The van der Waals surface area contributed by atoms with Gasteiger partial charge in [-0.15, -0.1) is 0 Å². The number of nitrogens with zero attached hydrogens (tertiary/aromatic N) is 2. The standard InChI is InChI=1S/C11H14N4/c1-3-13-10-2-4-14-11(9(1)10)15-7-5-12-6-8-15/h1-4,12-13H,5-8H2. The first-order valence-electron chi connectivity index (χ1n) is 5.33. The van der Waals surface area contributed by atoms with E-state index in [-0.39, 0.29) is 0 Å². The second kappa shape index (κ2) is 3.55. The van der Waals surface area contributed by atoms with Crippen LogP contribution in [0.15, 0.2) is 24.5 Å². The van der Waals surface area contributed by atoms with E-state index in [1.165, 1.54) is 10.9 Å². The van der Waals surface area contributed by atoms with Gasteiger partial charge >= 0.3 is 0 Å². The summed E-state index contributed by atoms with van der Waals surface area (Å²) in [7, 11) is 0. The molecule has 3 rings (SSSR count). The highest BCUT2D eigenvalue weighted by atomic mass is 15.2. The van der Waals surface area contributed by atoms with Gasteiger partial charge in [0.25, 0.3) is 0 Å². The molecule has 1 fully saturated rings. The highest BCUT2D eigenvalue weighted by molar-refractivity contribution is 5.90. The van der Waals surface area contributed by atoms with Crippen molar-refractivity contribution in [2.24, 2.45) is 0 Å². The predicted molar refractivity (Wildman–Crippen MR) is 61.2 cm³/mol. The van der Waals surface area contributed by atoms with Gasteiger partial charge in [0.05, 0.1) is 5.52 Å². The fraction of sp³-hybridized carbons (Fsp3) is 0.364. The fourth-order valence-corrected chi connectivity index (χ4v) is 2.10. The number of nitrogens with one attached hydrogen (secondary N) is 2. The molecule has 0 bridgehead atoms. The zero-order valence-electron chi connectivity index (χ0n) is 8.53. The number of hydrogen-bond donors (Lipinski definition) is 2. The van der Waals surface area contributed by atoms with E-state index >= 15 is 0 Å². The van der Waals surface area contributed by atoms with E-state index in [0.717, 1.165) is 32.0 Å². The number of aromatic amines is 1. The molecule has 0 atom stereocenters. The number of aromatic nitrogens is 2. The summed E-state index contributed by atoms with van der Waals surface area (Å²) in [6.07, 6.45) is 3.84. The minimum Gasteiger partial charge on any atom is -0.361 e. The number of H-pyrrole nitrogens is 1. The molecule has 0 aromatic carbocycles. The van der Waals surface area contributed by atoms with Crippen molar-refractivity contribution in [1.82, 2.24) is 15.3 Å². The van der Waals surface area contributed by atoms with E-state index in [1.807, 2.05) is 18.5 Å². The Bertz CT molecular complexity index is 456. The third-order valence-electron chi connectivity index (χ3n) is 2.87. The minimum atomic E-state index is 1.04. The van der Waals surface area contributed by atoms with Gasteiger partial charge in [0.2, 0.25) is 0 Å². The van der Waals surface area contributed by atoms with Crippen molar-refractivity contribution in [3.63, 3.8) is 0 Å². The van der Waals surface area contributed by atoms with Crippen LogP contribution in [0.4, 0.5) is 5.82 Å². The molecular formula is C11H14N4. The van der Waals surface area contributed by atoms with E-state index in [1.54, 1.807) is 0 Å². The number of pyridine rings is 1. The number of rotatable bonds is 1. The summed E-state index contributed by atoms with van der Waals surface area (Å²) in [5.74, 6) is 1.11. The van der Waals surface area contributed by atoms with Crippen LogP contribution < -0.4 is 10.2 Å². The lowest BCUT2D eigenvalue weighted by atomic mass is 10.2. The number of hydrogen-bond acceptors (Lipinski definition) is 3. The lowest BCUT2D eigenvalue weighted by Crippen LogP contribution is -2.43. The van der Waals surface area contributed by atoms with Crippen LogP contribution in [-0.4, -0.2) is 36.1 Å². The Hall–Kier alpha value is -1.55. The largest absolute Gasteiger partial charge is 0.361 e. The van der Waals surface area contributed by atoms with Crippen LogP contribution >= 0.6 is 0 Å². The molecule has 0 aliphatic carbocycles. The summed E-state index contributed by atoms with van der Waals surface area (Å²) in [5, 5.41) is 4.57. The zero-order valence-corrected chi connectivity index (χ0v) is 8.53. The van der Waals surface area contributed by atoms with E-state index in [4.69, 9.17) is 0 Å². The second-order valence-electron chi connectivity index (χ2n) is 3.81. The first-order chi connectivity index (χ1) is 7.45. The predicted octanol–water partition coefficient (Wildman–Crippen LogP) is 0.972. The van der Waals surface area contributed by atoms with Gasteiger partial charge in [-0.05, 0) is 12.1 Å². The van der Waals surface area contributed by atoms with Crippen LogP contribution in [0.3, 0.4) is 0 Å². The monoisotopic (exact) mass is 202 g/mol. The molecule has 1 saturated heterocycles. The van der Waals surface area contributed by atoms with Gasteiger partial charge in [0.15, 0.2) is 0 Å². The van der Waals surface area contributed by atoms with Crippen molar-refractivity contribution in [2.75, 3.05) is 31.1 Å². The van der Waals surface area contributed by atoms with Gasteiger partial charge in [0, 0.05) is 44.0 Å². The third-order valence-corrected chi connectivity index (χ3v) is 2.87. The van der Waals surface area contributed by atoms with E-state index in [2.05, 4.69) is 26.3 Å². The summed E-state index contributed by atoms with van der Waals surface area (Å²) in [6.45, 7) is 4.17. The quantitative estimate of drug-likeness (QED) is 0.724. The van der Waals surface area contributed by atoms with Gasteiger partial charge in [-0.3, -0.25) is 0 Å². The lowest BCUT2D eigenvalue weighted by molar-refractivity contribution is 0.586. The minimum absolute atomic E-state index is 1.04. The summed E-state index contributed by atoms with van der Waals surface area (Å²) >= 11 is 0. The molecule has 0 saturated carbocycles. The van der Waals surface area contributed by atoms with E-state index in [0.29, 0.717) is 0 Å². The van der Waals surface area contributed by atoms with Crippen molar-refractivity contribution in [3.05, 3.63) is 24.5 Å². The third kappa shape index (κ3) is 1.47. The van der Waals surface area contributed by atoms with Gasteiger partial charge in [-0.1, -0.05) is 0 Å². The highest BCUT2D eigenvalue weighted by Crippen LogP contribution is 2.23. The van der Waals surface area contributed by atoms with Crippen molar-refractivity contribution >= 4 is 16.7 Å². The summed E-state index contributed by atoms with van der Waals surface area (Å²) in [5.41, 5.74) is 1.17. The van der Waals surface area contributed by atoms with Gasteiger partial charge in [-0.25, -0.2) is 4.98 Å². The lowest BCUT2D eigenvalue weighted by Gasteiger charge is -2.28. The fourth-order valence-electron chi connectivity index (χ4n) is 2.10. The molecule has 4 nitrogen and oxygen atoms in total. The molecule has 4 heteroatoms. The Morgan fingerprint density at radius 2 is 2.07 bits per heavy atom. The van der Waals surface area contributed by atoms with Crippen LogP contribution in [0.5, 0.6) is 0 Å². The molecule has 2 aromatic heterocycles. The Morgan fingerprint density at radius 3 is 2.93 bits per heavy atom. The average molecular weight is 202 g/mol. The van der Waals surface area contributed by atoms with Gasteiger partial charge in [-0.2, -0.15) is 0 Å². The molecule has 0 spiro atoms. The molecule has 0 unspecified atom stereocenters. The summed E-state index contributed by atoms with van der Waals surface area (Å²) in [4.78, 5) is 10.0. The summed E-state index contributed by atoms with van der Waals surface area (Å²) in [6, 6.07) is 4.11. The van der Waals surface area contributed by atoms with Gasteiger partial charge < -0.3 is 15.2 Å². The smallest absolute Gasteiger partial charge is 0.138 e. The molecule has 15 heavy (non-hydrogen) atoms. The topological polar surface area (TPSA) is 44.0 Å². The second-order valence-corrected chi connectivity index (χ2v) is 3.81. The van der Waals surface area contributed by atoms with Gasteiger partial charge in [0.1, 0.15) is 5.82 Å². The van der Waals surface area contributed by atoms with Crippen LogP contribution in [-0.2, 0) is 0 Å². The molecule has 2 aromatic rings. The molecule has 78 valence electrons. The van der Waals surface area contributed by atoms with Crippen LogP contribution in [0.1, 0.15) is 0 Å². The first kappa shape index (κ1) is 8.73. The molecule has 0 radical (unpaired) electrons. The maximum absolute atomic E-state index is 4.48. The van der Waals surface area contributed by atoms with Crippen LogP contribution in [0.2, 0.25) is 0 Å². The Morgan fingerprint density at radius 1 is 1.20 bits per heavy atom. The van der Waals surface area contributed by atoms with Crippen molar-refractivity contribution in [3.8, 4) is 0 Å². The number of fused-ring (bicyclic) bond motifs is 1. The van der Waals surface area contributed by atoms with Crippen molar-refractivity contribution in [1.29, 1.82) is 0 Å². The van der Waals surface area contributed by atoms with Crippen LogP contribution in [0, 0.1) is 0 Å². The van der Waals surface area contributed by atoms with Crippen molar-refractivity contribution in [2.45, 2.75) is 0 Å². The van der Waals surface area contributed by atoms with E-state index < -0.39 is 0 Å². The summed E-state index contributed by atoms with van der Waals surface area (Å²) < 4.78 is 0. The SMILES string of the molecule is c1cc2[nH]ccc2c(N2CCNCC2)n1. The molecule has 1 aliphatic heterocycles. The van der Waals surface area contributed by atoms with E-state index in [9.17, 15) is 0 Å². The maximum Gasteiger partial charge on any atom is 0.138 e. The Labute approximate surface area is 88.3 Å². The zero-order chi connectivity index (χ0) is 10.1. The Balaban J connectivity index is 2.05. The maximum atomic E-state index is 4.48. The van der Waals surface area contributed by atoms with Crippen molar-refractivity contribution < 1.29 is 0 Å². The number of anilines is 1. The molecule has 3 heterocycles. The normalized spacial score (nSPS) is 17.2. The number of piperazine rings is 1. The van der Waals surface area contributed by atoms with Crippen LogP contribution in [0.25, 0.3) is 10.9 Å².